The first kappa shape index (κ1) is 24.7. The molecule has 0 radical (unpaired) electrons. The summed E-state index contributed by atoms with van der Waals surface area (Å²) in [7, 11) is -4.01. The predicted octanol–water partition coefficient (Wildman–Crippen LogP) is 4.45. The minimum absolute atomic E-state index is 0.101. The highest BCUT2D eigenvalue weighted by Crippen LogP contribution is 2.36. The van der Waals surface area contributed by atoms with Crippen molar-refractivity contribution in [1.29, 1.82) is 0 Å². The maximum atomic E-state index is 13.6. The SMILES string of the molecule is Cc1ccc(S(=O)(=O)N(CC(=O)N/N=C\c2cc3c(cc2Br)OCO3)c2cccc(C)c2C)cc1. The highest BCUT2D eigenvalue weighted by molar-refractivity contribution is 9.10. The van der Waals surface area contributed by atoms with Gasteiger partial charge in [0, 0.05) is 10.0 Å². The number of hydrazone groups is 1. The van der Waals surface area contributed by atoms with Crippen molar-refractivity contribution in [3.05, 3.63) is 81.3 Å². The second kappa shape index (κ2) is 10.1. The van der Waals surface area contributed by atoms with Gasteiger partial charge in [0.2, 0.25) is 6.79 Å². The second-order valence-electron chi connectivity index (χ2n) is 8.06. The lowest BCUT2D eigenvalue weighted by molar-refractivity contribution is -0.119. The average Bonchev–Trinajstić information content (AvgIpc) is 3.27. The van der Waals surface area contributed by atoms with Gasteiger partial charge in [-0.15, -0.1) is 0 Å². The zero-order valence-electron chi connectivity index (χ0n) is 19.4. The van der Waals surface area contributed by atoms with Crippen molar-refractivity contribution in [3.8, 4) is 11.5 Å². The molecule has 0 unspecified atom stereocenters. The van der Waals surface area contributed by atoms with Crippen LogP contribution in [0.15, 0.2) is 69.1 Å². The summed E-state index contributed by atoms with van der Waals surface area (Å²) >= 11 is 3.43. The van der Waals surface area contributed by atoms with Crippen molar-refractivity contribution in [1.82, 2.24) is 5.43 Å². The van der Waals surface area contributed by atoms with E-state index in [1.165, 1.54) is 18.3 Å². The molecule has 8 nitrogen and oxygen atoms in total. The van der Waals surface area contributed by atoms with Crippen LogP contribution in [-0.2, 0) is 14.8 Å². The van der Waals surface area contributed by atoms with Crippen molar-refractivity contribution in [2.45, 2.75) is 25.7 Å². The van der Waals surface area contributed by atoms with Gasteiger partial charge in [0.1, 0.15) is 6.54 Å². The van der Waals surface area contributed by atoms with E-state index in [2.05, 4.69) is 26.5 Å². The largest absolute Gasteiger partial charge is 0.454 e. The Balaban J connectivity index is 1.59. The van der Waals surface area contributed by atoms with Crippen molar-refractivity contribution < 1.29 is 22.7 Å². The molecule has 0 aromatic heterocycles. The molecule has 0 fully saturated rings. The molecule has 1 aliphatic heterocycles. The number of benzene rings is 3. The Morgan fingerprint density at radius 3 is 2.49 bits per heavy atom. The Labute approximate surface area is 212 Å². The van der Waals surface area contributed by atoms with Crippen LogP contribution >= 0.6 is 15.9 Å². The van der Waals surface area contributed by atoms with E-state index in [-0.39, 0.29) is 11.7 Å². The molecule has 0 atom stereocenters. The lowest BCUT2D eigenvalue weighted by atomic mass is 10.1. The summed E-state index contributed by atoms with van der Waals surface area (Å²) in [6.45, 7) is 5.30. The Bertz CT molecular complexity index is 1410. The molecule has 3 aromatic carbocycles. The maximum absolute atomic E-state index is 13.6. The van der Waals surface area contributed by atoms with E-state index in [4.69, 9.17) is 9.47 Å². The molecular formula is C25H24BrN3O5S. The normalized spacial score (nSPS) is 12.7. The number of amides is 1. The molecule has 10 heteroatoms. The van der Waals surface area contributed by atoms with Gasteiger partial charge < -0.3 is 9.47 Å². The van der Waals surface area contributed by atoms with E-state index in [1.807, 2.05) is 26.8 Å². The van der Waals surface area contributed by atoms with E-state index < -0.39 is 22.5 Å². The van der Waals surface area contributed by atoms with E-state index in [1.54, 1.807) is 36.4 Å². The van der Waals surface area contributed by atoms with Crippen LogP contribution in [0.4, 0.5) is 5.69 Å². The Morgan fingerprint density at radius 2 is 1.77 bits per heavy atom. The summed E-state index contributed by atoms with van der Waals surface area (Å²) in [5.41, 5.74) is 6.13. The summed E-state index contributed by atoms with van der Waals surface area (Å²) in [6, 6.07) is 15.4. The number of fused-ring (bicyclic) bond motifs is 1. The number of carbonyl (C=O) groups is 1. The monoisotopic (exact) mass is 557 g/mol. The van der Waals surface area contributed by atoms with E-state index >= 15 is 0 Å². The molecule has 0 saturated carbocycles. The van der Waals surface area contributed by atoms with Crippen LogP contribution in [-0.4, -0.2) is 33.9 Å². The summed E-state index contributed by atoms with van der Waals surface area (Å²) < 4.78 is 39.6. The number of anilines is 1. The number of halogens is 1. The summed E-state index contributed by atoms with van der Waals surface area (Å²) in [6.07, 6.45) is 1.45. The molecule has 182 valence electrons. The molecular weight excluding hydrogens is 534 g/mol. The summed E-state index contributed by atoms with van der Waals surface area (Å²) in [5, 5.41) is 4.01. The smallest absolute Gasteiger partial charge is 0.264 e. The number of rotatable bonds is 7. The van der Waals surface area contributed by atoms with Crippen LogP contribution in [0.1, 0.15) is 22.3 Å². The summed E-state index contributed by atoms with van der Waals surface area (Å²) in [4.78, 5) is 12.9. The number of nitrogens with one attached hydrogen (secondary N) is 1. The Hall–Kier alpha value is -3.37. The Kier molecular flexibility index (Phi) is 7.13. The Morgan fingerprint density at radius 1 is 1.09 bits per heavy atom. The molecule has 3 aromatic rings. The average molecular weight is 558 g/mol. The van der Waals surface area contributed by atoms with Crippen molar-refractivity contribution >= 4 is 43.8 Å². The van der Waals surface area contributed by atoms with E-state index in [0.717, 1.165) is 21.0 Å². The number of ether oxygens (including phenoxy) is 2. The molecule has 1 heterocycles. The van der Waals surface area contributed by atoms with Crippen LogP contribution < -0.4 is 19.2 Å². The number of carbonyl (C=O) groups excluding carboxylic acids is 1. The van der Waals surface area contributed by atoms with E-state index in [9.17, 15) is 13.2 Å². The predicted molar refractivity (Wildman–Crippen MR) is 138 cm³/mol. The van der Waals surface area contributed by atoms with Crippen molar-refractivity contribution in [3.63, 3.8) is 0 Å². The van der Waals surface area contributed by atoms with Crippen LogP contribution in [0.2, 0.25) is 0 Å². The fourth-order valence-corrected chi connectivity index (χ4v) is 5.42. The first-order chi connectivity index (χ1) is 16.7. The molecule has 0 bridgehead atoms. The molecule has 0 aliphatic carbocycles. The molecule has 4 rings (SSSR count). The first-order valence-electron chi connectivity index (χ1n) is 10.7. The fraction of sp³-hybridized carbons (Fsp3) is 0.200. The van der Waals surface area contributed by atoms with Crippen LogP contribution in [0, 0.1) is 20.8 Å². The highest BCUT2D eigenvalue weighted by Gasteiger charge is 2.28. The zero-order valence-corrected chi connectivity index (χ0v) is 21.8. The van der Waals surface area contributed by atoms with E-state index in [0.29, 0.717) is 27.2 Å². The fourth-order valence-electron chi connectivity index (χ4n) is 3.51. The zero-order chi connectivity index (χ0) is 25.2. The number of hydrogen-bond donors (Lipinski definition) is 1. The third-order valence-electron chi connectivity index (χ3n) is 5.63. The van der Waals surface area contributed by atoms with Crippen LogP contribution in [0.3, 0.4) is 0 Å². The third kappa shape index (κ3) is 5.33. The maximum Gasteiger partial charge on any atom is 0.264 e. The second-order valence-corrected chi connectivity index (χ2v) is 10.8. The van der Waals surface area contributed by atoms with Gasteiger partial charge >= 0.3 is 0 Å². The molecule has 0 spiro atoms. The molecule has 0 saturated heterocycles. The lowest BCUT2D eigenvalue weighted by Gasteiger charge is -2.26. The number of aryl methyl sites for hydroxylation is 2. The quantitative estimate of drug-likeness (QED) is 0.342. The number of sulfonamides is 1. The highest BCUT2D eigenvalue weighted by atomic mass is 79.9. The topological polar surface area (TPSA) is 97.3 Å². The van der Waals surface area contributed by atoms with Gasteiger partial charge in [-0.1, -0.05) is 29.8 Å². The van der Waals surface area contributed by atoms with Gasteiger partial charge in [-0.2, -0.15) is 5.10 Å². The number of hydrogen-bond acceptors (Lipinski definition) is 6. The molecule has 35 heavy (non-hydrogen) atoms. The van der Waals surface area contributed by atoms with Gasteiger partial charge in [-0.3, -0.25) is 9.10 Å². The van der Waals surface area contributed by atoms with Gasteiger partial charge in [0.05, 0.1) is 16.8 Å². The number of nitrogens with zero attached hydrogens (tertiary/aromatic N) is 2. The van der Waals surface area contributed by atoms with Crippen LogP contribution in [0.25, 0.3) is 0 Å². The van der Waals surface area contributed by atoms with Crippen molar-refractivity contribution in [2.75, 3.05) is 17.6 Å². The van der Waals surface area contributed by atoms with Crippen molar-refractivity contribution in [2.24, 2.45) is 5.10 Å². The van der Waals surface area contributed by atoms with Gasteiger partial charge in [-0.05, 0) is 78.2 Å². The van der Waals surface area contributed by atoms with Gasteiger partial charge in [-0.25, -0.2) is 13.8 Å². The van der Waals surface area contributed by atoms with Gasteiger partial charge in [0.25, 0.3) is 15.9 Å². The third-order valence-corrected chi connectivity index (χ3v) is 8.09. The first-order valence-corrected chi connectivity index (χ1v) is 13.0. The minimum Gasteiger partial charge on any atom is -0.454 e. The molecule has 1 amide bonds. The standard InChI is InChI=1S/C25H24BrN3O5S/c1-16-7-9-20(10-8-16)35(31,32)29(22-6-4-5-17(2)18(22)3)14-25(30)28-27-13-19-11-23-24(12-21(19)26)34-15-33-23/h4-13H,14-15H2,1-3H3,(H,28,30)/b27-13-. The molecule has 1 aliphatic rings. The van der Waals surface area contributed by atoms with Gasteiger partial charge in [0.15, 0.2) is 11.5 Å². The minimum atomic E-state index is -4.01. The van der Waals surface area contributed by atoms with Crippen LogP contribution in [0.5, 0.6) is 11.5 Å². The lowest BCUT2D eigenvalue weighted by Crippen LogP contribution is -2.40. The molecule has 1 N–H and O–H groups in total. The summed E-state index contributed by atoms with van der Waals surface area (Å²) in [5.74, 6) is 0.601.